The fourth-order valence-electron chi connectivity index (χ4n) is 3.17. The molecule has 0 atom stereocenters. The second kappa shape index (κ2) is 6.42. The van der Waals surface area contributed by atoms with Gasteiger partial charge in [-0.1, -0.05) is 0 Å². The summed E-state index contributed by atoms with van der Waals surface area (Å²) >= 11 is 0. The van der Waals surface area contributed by atoms with Crippen molar-refractivity contribution in [1.29, 1.82) is 0 Å². The summed E-state index contributed by atoms with van der Waals surface area (Å²) in [5.41, 5.74) is 0.305. The van der Waals surface area contributed by atoms with Crippen LogP contribution in [0.25, 0.3) is 0 Å². The zero-order chi connectivity index (χ0) is 18.3. The van der Waals surface area contributed by atoms with Crippen molar-refractivity contribution in [3.05, 3.63) is 52.2 Å². The zero-order valence-electron chi connectivity index (χ0n) is 14.1. The fraction of sp³-hybridized carbons (Fsp3) is 0.389. The van der Waals surface area contributed by atoms with Crippen LogP contribution in [-0.4, -0.2) is 26.6 Å². The lowest BCUT2D eigenvalue weighted by molar-refractivity contribution is 0.291. The summed E-state index contributed by atoms with van der Waals surface area (Å²) in [5.74, 6) is -0.117. The highest BCUT2D eigenvalue weighted by atomic mass is 32.2. The Hall–Kier alpha value is -2.35. The number of aromatic amines is 1. The van der Waals surface area contributed by atoms with E-state index < -0.39 is 21.4 Å². The van der Waals surface area contributed by atoms with E-state index in [1.807, 2.05) is 0 Å². The van der Waals surface area contributed by atoms with Crippen molar-refractivity contribution in [2.24, 2.45) is 5.92 Å². The Bertz CT molecular complexity index is 998. The molecule has 0 radical (unpaired) electrons. The number of nitrogens with zero attached hydrogens (tertiary/aromatic N) is 1. The van der Waals surface area contributed by atoms with Gasteiger partial charge in [-0.25, -0.2) is 12.8 Å². The molecule has 2 aromatic rings. The second-order valence-electron chi connectivity index (χ2n) is 6.71. The lowest BCUT2D eigenvalue weighted by Crippen LogP contribution is -2.39. The summed E-state index contributed by atoms with van der Waals surface area (Å²) in [5, 5.41) is 0. The summed E-state index contributed by atoms with van der Waals surface area (Å²) in [7, 11) is -4.13. The molecule has 0 unspecified atom stereocenters. The van der Waals surface area contributed by atoms with Crippen molar-refractivity contribution in [2.75, 3.05) is 17.5 Å². The highest BCUT2D eigenvalue weighted by molar-refractivity contribution is 7.93. The second-order valence-corrected chi connectivity index (χ2v) is 8.54. The maximum absolute atomic E-state index is 13.8. The monoisotopic (exact) mass is 378 g/mol. The summed E-state index contributed by atoms with van der Waals surface area (Å²) in [6, 6.07) is 5.18. The predicted molar refractivity (Wildman–Crippen MR) is 94.5 cm³/mol. The van der Waals surface area contributed by atoms with Crippen molar-refractivity contribution in [1.82, 2.24) is 4.98 Å². The van der Waals surface area contributed by atoms with Gasteiger partial charge in [0.05, 0.1) is 6.61 Å². The lowest BCUT2D eigenvalue weighted by atomic mass is 10.1. The molecule has 0 saturated heterocycles. The maximum Gasteiger partial charge on any atom is 0.272 e. The van der Waals surface area contributed by atoms with E-state index in [1.165, 1.54) is 18.3 Å². The number of hydrogen-bond acceptors (Lipinski definition) is 4. The molecule has 1 aromatic heterocycles. The maximum atomic E-state index is 13.8. The van der Waals surface area contributed by atoms with Crippen molar-refractivity contribution in [3.8, 4) is 5.75 Å². The number of hydrogen-bond donors (Lipinski definition) is 1. The first-order chi connectivity index (χ1) is 12.5. The fourth-order valence-corrected chi connectivity index (χ4v) is 4.86. The molecule has 1 aliphatic carbocycles. The van der Waals surface area contributed by atoms with Crippen LogP contribution in [0.1, 0.15) is 24.8 Å². The van der Waals surface area contributed by atoms with E-state index in [4.69, 9.17) is 4.74 Å². The Morgan fingerprint density at radius 2 is 2.08 bits per heavy atom. The van der Waals surface area contributed by atoms with Gasteiger partial charge in [-0.15, -0.1) is 0 Å². The minimum atomic E-state index is -4.13. The predicted octanol–water partition coefficient (Wildman–Crippen LogP) is 2.44. The van der Waals surface area contributed by atoms with E-state index in [-0.39, 0.29) is 22.9 Å². The Kier molecular flexibility index (Phi) is 4.22. The van der Waals surface area contributed by atoms with Crippen molar-refractivity contribution in [3.63, 3.8) is 0 Å². The molecule has 1 saturated carbocycles. The van der Waals surface area contributed by atoms with Crippen molar-refractivity contribution in [2.45, 2.75) is 30.6 Å². The SMILES string of the molecule is O=c1[nH]ccc2c1N(S(=O)(=O)c1cc(F)ccc1OCC1CC1)CCC2. The molecule has 0 amide bonds. The molecule has 1 aromatic carbocycles. The third-order valence-corrected chi connectivity index (χ3v) is 6.54. The number of pyridine rings is 1. The number of halogens is 1. The number of benzene rings is 1. The summed E-state index contributed by atoms with van der Waals surface area (Å²) in [6.07, 6.45) is 4.82. The van der Waals surface area contributed by atoms with Gasteiger partial charge in [0.15, 0.2) is 0 Å². The average molecular weight is 378 g/mol. The summed E-state index contributed by atoms with van der Waals surface area (Å²) in [4.78, 5) is 14.5. The number of nitrogens with one attached hydrogen (secondary N) is 1. The minimum Gasteiger partial charge on any atom is -0.492 e. The molecule has 1 fully saturated rings. The third kappa shape index (κ3) is 3.09. The van der Waals surface area contributed by atoms with E-state index in [1.54, 1.807) is 6.07 Å². The minimum absolute atomic E-state index is 0.108. The van der Waals surface area contributed by atoms with Gasteiger partial charge in [-0.2, -0.15) is 0 Å². The van der Waals surface area contributed by atoms with Crippen LogP contribution in [0.5, 0.6) is 5.75 Å². The topological polar surface area (TPSA) is 79.5 Å². The van der Waals surface area contributed by atoms with Crippen molar-refractivity contribution >= 4 is 15.7 Å². The van der Waals surface area contributed by atoms with Crippen molar-refractivity contribution < 1.29 is 17.5 Å². The van der Waals surface area contributed by atoms with E-state index >= 15 is 0 Å². The molecule has 0 spiro atoms. The van der Waals surface area contributed by atoms with Crippen LogP contribution in [0.2, 0.25) is 0 Å². The number of H-pyrrole nitrogens is 1. The van der Waals surface area contributed by atoms with Gasteiger partial charge in [0, 0.05) is 12.7 Å². The standard InChI is InChI=1S/C18H19FN2O4S/c19-14-5-6-15(25-11-12-3-4-12)16(10-14)26(23,24)21-9-1-2-13-7-8-20-18(22)17(13)21/h5-8,10,12H,1-4,9,11H2,(H,20,22). The molecule has 8 heteroatoms. The van der Waals surface area contributed by atoms with Gasteiger partial charge < -0.3 is 9.72 Å². The van der Waals surface area contributed by atoms with Gasteiger partial charge >= 0.3 is 0 Å². The third-order valence-electron chi connectivity index (χ3n) is 4.72. The number of fused-ring (bicyclic) bond motifs is 1. The Morgan fingerprint density at radius 3 is 2.85 bits per heavy atom. The zero-order valence-corrected chi connectivity index (χ0v) is 14.9. The number of aromatic nitrogens is 1. The van der Waals surface area contributed by atoms with E-state index in [0.29, 0.717) is 30.9 Å². The van der Waals surface area contributed by atoms with Gasteiger partial charge in [0.1, 0.15) is 22.1 Å². The number of rotatable bonds is 5. The Labute approximate surface area is 150 Å². The molecule has 138 valence electrons. The molecule has 2 aliphatic rings. The van der Waals surface area contributed by atoms with Crippen LogP contribution in [0.4, 0.5) is 10.1 Å². The molecule has 0 bridgehead atoms. The molecular weight excluding hydrogens is 359 g/mol. The largest absolute Gasteiger partial charge is 0.492 e. The molecular formula is C18H19FN2O4S. The van der Waals surface area contributed by atoms with Gasteiger partial charge in [0.2, 0.25) is 0 Å². The highest BCUT2D eigenvalue weighted by Crippen LogP contribution is 2.35. The molecule has 26 heavy (non-hydrogen) atoms. The average Bonchev–Trinajstić information content (AvgIpc) is 3.45. The molecule has 4 rings (SSSR count). The summed E-state index contributed by atoms with van der Waals surface area (Å²) < 4.78 is 47.1. The molecule has 2 heterocycles. The van der Waals surface area contributed by atoms with E-state index in [2.05, 4.69) is 4.98 Å². The van der Waals surface area contributed by atoms with Crippen LogP contribution >= 0.6 is 0 Å². The van der Waals surface area contributed by atoms with Crippen LogP contribution < -0.4 is 14.6 Å². The number of ether oxygens (including phenoxy) is 1. The number of sulfonamides is 1. The lowest BCUT2D eigenvalue weighted by Gasteiger charge is -2.29. The normalized spacial score (nSPS) is 17.0. The summed E-state index contributed by atoms with van der Waals surface area (Å²) in [6.45, 7) is 0.576. The Balaban J connectivity index is 1.78. The first kappa shape index (κ1) is 17.1. The quantitative estimate of drug-likeness (QED) is 0.867. The highest BCUT2D eigenvalue weighted by Gasteiger charge is 2.34. The van der Waals surface area contributed by atoms with Crippen LogP contribution in [0, 0.1) is 11.7 Å². The molecule has 1 N–H and O–H groups in total. The van der Waals surface area contributed by atoms with E-state index in [9.17, 15) is 17.6 Å². The molecule has 6 nitrogen and oxygen atoms in total. The smallest absolute Gasteiger partial charge is 0.272 e. The van der Waals surface area contributed by atoms with Crippen LogP contribution in [-0.2, 0) is 16.4 Å². The Morgan fingerprint density at radius 1 is 1.27 bits per heavy atom. The van der Waals surface area contributed by atoms with Crippen LogP contribution in [0.15, 0.2) is 40.2 Å². The van der Waals surface area contributed by atoms with Gasteiger partial charge in [-0.3, -0.25) is 9.10 Å². The first-order valence-corrected chi connectivity index (χ1v) is 10.1. The number of anilines is 1. The molecule has 1 aliphatic heterocycles. The van der Waals surface area contributed by atoms with E-state index in [0.717, 1.165) is 23.2 Å². The van der Waals surface area contributed by atoms with Gasteiger partial charge in [-0.05, 0) is 61.4 Å². The first-order valence-electron chi connectivity index (χ1n) is 8.62. The van der Waals surface area contributed by atoms with Crippen LogP contribution in [0.3, 0.4) is 0 Å². The van der Waals surface area contributed by atoms with Gasteiger partial charge in [0.25, 0.3) is 15.6 Å². The number of aryl methyl sites for hydroxylation is 1.